The van der Waals surface area contributed by atoms with Gasteiger partial charge in [-0.05, 0) is 32.1 Å². The van der Waals surface area contributed by atoms with E-state index in [1.54, 1.807) is 6.92 Å². The molecule has 0 aromatic carbocycles. The summed E-state index contributed by atoms with van der Waals surface area (Å²) in [7, 11) is 0. The molecule has 1 aliphatic rings. The van der Waals surface area contributed by atoms with E-state index < -0.39 is 11.9 Å². The van der Waals surface area contributed by atoms with Crippen LogP contribution < -0.4 is 10.6 Å². The minimum atomic E-state index is -4.47. The van der Waals surface area contributed by atoms with Crippen LogP contribution in [-0.4, -0.2) is 22.6 Å². The molecule has 0 bridgehead atoms. The van der Waals surface area contributed by atoms with Gasteiger partial charge in [-0.15, -0.1) is 0 Å². The number of hydrogen-bond donors (Lipinski definition) is 2. The van der Waals surface area contributed by atoms with Gasteiger partial charge in [0.1, 0.15) is 5.82 Å². The van der Waals surface area contributed by atoms with E-state index in [1.165, 1.54) is 0 Å². The van der Waals surface area contributed by atoms with Crippen LogP contribution in [0.3, 0.4) is 0 Å². The Hall–Kier alpha value is -1.53. The number of nitrogens with one attached hydrogen (secondary N) is 2. The molecule has 2 N–H and O–H groups in total. The summed E-state index contributed by atoms with van der Waals surface area (Å²) in [6.07, 6.45) is -1.45. The van der Waals surface area contributed by atoms with Crippen molar-refractivity contribution in [2.24, 2.45) is 5.92 Å². The standard InChI is InChI=1S/C13H19F3N4/c1-3-17-12-19-10(13(14,15)16)7-11(20-12)18-9-5-4-8(2)6-9/h7-9H,3-6H2,1-2H3,(H2,17,18,19,20). The first kappa shape index (κ1) is 14.9. The van der Waals surface area contributed by atoms with Crippen molar-refractivity contribution in [1.29, 1.82) is 0 Å². The van der Waals surface area contributed by atoms with Crippen molar-refractivity contribution < 1.29 is 13.2 Å². The summed E-state index contributed by atoms with van der Waals surface area (Å²) < 4.78 is 38.5. The van der Waals surface area contributed by atoms with Gasteiger partial charge in [-0.3, -0.25) is 0 Å². The first-order valence-electron chi connectivity index (χ1n) is 6.85. The number of anilines is 2. The van der Waals surface area contributed by atoms with Crippen LogP contribution in [0, 0.1) is 5.92 Å². The molecule has 1 aromatic heterocycles. The van der Waals surface area contributed by atoms with E-state index in [4.69, 9.17) is 0 Å². The maximum Gasteiger partial charge on any atom is 0.433 e. The maximum atomic E-state index is 12.8. The van der Waals surface area contributed by atoms with E-state index in [1.807, 2.05) is 0 Å². The third kappa shape index (κ3) is 3.74. The average molecular weight is 288 g/mol. The molecule has 112 valence electrons. The number of alkyl halides is 3. The highest BCUT2D eigenvalue weighted by atomic mass is 19.4. The molecule has 2 atom stereocenters. The van der Waals surface area contributed by atoms with Gasteiger partial charge in [0.05, 0.1) is 0 Å². The van der Waals surface area contributed by atoms with Crippen LogP contribution in [0.1, 0.15) is 38.8 Å². The third-order valence-corrected chi connectivity index (χ3v) is 3.40. The van der Waals surface area contributed by atoms with Crippen LogP contribution in [0.15, 0.2) is 6.07 Å². The average Bonchev–Trinajstić information content (AvgIpc) is 2.74. The molecule has 1 saturated carbocycles. The molecule has 1 aliphatic carbocycles. The lowest BCUT2D eigenvalue weighted by atomic mass is 10.1. The molecule has 2 unspecified atom stereocenters. The molecule has 4 nitrogen and oxygen atoms in total. The fourth-order valence-corrected chi connectivity index (χ4v) is 2.45. The first-order chi connectivity index (χ1) is 9.38. The zero-order valence-corrected chi connectivity index (χ0v) is 11.6. The van der Waals surface area contributed by atoms with E-state index in [2.05, 4.69) is 27.5 Å². The Morgan fingerprint density at radius 1 is 1.30 bits per heavy atom. The highest BCUT2D eigenvalue weighted by molar-refractivity contribution is 5.44. The molecule has 0 saturated heterocycles. The lowest BCUT2D eigenvalue weighted by Crippen LogP contribution is -2.19. The monoisotopic (exact) mass is 288 g/mol. The smallest absolute Gasteiger partial charge is 0.367 e. The van der Waals surface area contributed by atoms with Crippen LogP contribution in [0.2, 0.25) is 0 Å². The highest BCUT2D eigenvalue weighted by Gasteiger charge is 2.34. The van der Waals surface area contributed by atoms with Gasteiger partial charge in [-0.1, -0.05) is 6.92 Å². The Labute approximate surface area is 116 Å². The number of rotatable bonds is 4. The van der Waals surface area contributed by atoms with Gasteiger partial charge < -0.3 is 10.6 Å². The van der Waals surface area contributed by atoms with Gasteiger partial charge in [0, 0.05) is 18.7 Å². The van der Waals surface area contributed by atoms with Crippen molar-refractivity contribution in [3.05, 3.63) is 11.8 Å². The predicted octanol–water partition coefficient (Wildman–Crippen LogP) is 3.53. The second kappa shape index (κ2) is 5.85. The number of aromatic nitrogens is 2. The molecular weight excluding hydrogens is 269 g/mol. The Balaban J connectivity index is 2.20. The zero-order chi connectivity index (χ0) is 14.8. The minimum Gasteiger partial charge on any atom is -0.367 e. The van der Waals surface area contributed by atoms with Crippen LogP contribution >= 0.6 is 0 Å². The number of halogens is 3. The van der Waals surface area contributed by atoms with Gasteiger partial charge in [-0.25, -0.2) is 4.98 Å². The van der Waals surface area contributed by atoms with E-state index in [-0.39, 0.29) is 17.8 Å². The van der Waals surface area contributed by atoms with Crippen LogP contribution in [0.25, 0.3) is 0 Å². The summed E-state index contributed by atoms with van der Waals surface area (Å²) in [5, 5.41) is 5.82. The fraction of sp³-hybridized carbons (Fsp3) is 0.692. The van der Waals surface area contributed by atoms with Crippen molar-refractivity contribution in [3.8, 4) is 0 Å². The zero-order valence-electron chi connectivity index (χ0n) is 11.6. The molecule has 0 spiro atoms. The molecule has 1 fully saturated rings. The van der Waals surface area contributed by atoms with Gasteiger partial charge in [0.15, 0.2) is 5.69 Å². The first-order valence-corrected chi connectivity index (χ1v) is 6.85. The van der Waals surface area contributed by atoms with Gasteiger partial charge in [0.2, 0.25) is 5.95 Å². The molecular formula is C13H19F3N4. The lowest BCUT2D eigenvalue weighted by molar-refractivity contribution is -0.141. The second-order valence-corrected chi connectivity index (χ2v) is 5.25. The summed E-state index contributed by atoms with van der Waals surface area (Å²) in [6.45, 7) is 4.41. The Bertz CT molecular complexity index is 461. The molecule has 1 aromatic rings. The van der Waals surface area contributed by atoms with Gasteiger partial charge in [-0.2, -0.15) is 18.2 Å². The number of nitrogens with zero attached hydrogens (tertiary/aromatic N) is 2. The SMILES string of the molecule is CCNc1nc(NC2CCC(C)C2)cc(C(F)(F)F)n1. The van der Waals surface area contributed by atoms with Crippen molar-refractivity contribution in [2.45, 2.75) is 45.3 Å². The maximum absolute atomic E-state index is 12.8. The van der Waals surface area contributed by atoms with E-state index in [0.717, 1.165) is 25.3 Å². The van der Waals surface area contributed by atoms with E-state index >= 15 is 0 Å². The normalized spacial score (nSPS) is 22.9. The van der Waals surface area contributed by atoms with Crippen molar-refractivity contribution in [2.75, 3.05) is 17.2 Å². The van der Waals surface area contributed by atoms with Gasteiger partial charge >= 0.3 is 6.18 Å². The number of hydrogen-bond acceptors (Lipinski definition) is 4. The quantitative estimate of drug-likeness (QED) is 0.890. The lowest BCUT2D eigenvalue weighted by Gasteiger charge is -2.16. The summed E-state index contributed by atoms with van der Waals surface area (Å²) >= 11 is 0. The topological polar surface area (TPSA) is 49.8 Å². The van der Waals surface area contributed by atoms with Crippen molar-refractivity contribution in [1.82, 2.24) is 9.97 Å². The second-order valence-electron chi connectivity index (χ2n) is 5.25. The summed E-state index contributed by atoms with van der Waals surface area (Å²) in [6, 6.07) is 1.17. The van der Waals surface area contributed by atoms with Gasteiger partial charge in [0.25, 0.3) is 0 Å². The predicted molar refractivity (Wildman–Crippen MR) is 71.6 cm³/mol. The summed E-state index contributed by atoms with van der Waals surface area (Å²) in [5.74, 6) is 0.850. The summed E-state index contributed by atoms with van der Waals surface area (Å²) in [5.41, 5.74) is -0.919. The van der Waals surface area contributed by atoms with Crippen LogP contribution in [-0.2, 0) is 6.18 Å². The van der Waals surface area contributed by atoms with Crippen molar-refractivity contribution >= 4 is 11.8 Å². The molecule has 7 heteroatoms. The van der Waals surface area contributed by atoms with Crippen LogP contribution in [0.5, 0.6) is 0 Å². The Morgan fingerprint density at radius 3 is 2.60 bits per heavy atom. The molecule has 1 heterocycles. The minimum absolute atomic E-state index is 0.0101. The van der Waals surface area contributed by atoms with E-state index in [0.29, 0.717) is 12.5 Å². The highest BCUT2D eigenvalue weighted by Crippen LogP contribution is 2.31. The molecule has 0 radical (unpaired) electrons. The van der Waals surface area contributed by atoms with Crippen molar-refractivity contribution in [3.63, 3.8) is 0 Å². The molecule has 2 rings (SSSR count). The van der Waals surface area contributed by atoms with E-state index in [9.17, 15) is 13.2 Å². The molecule has 20 heavy (non-hydrogen) atoms. The largest absolute Gasteiger partial charge is 0.433 e. The third-order valence-electron chi connectivity index (χ3n) is 3.40. The summed E-state index contributed by atoms with van der Waals surface area (Å²) in [4.78, 5) is 7.59. The Kier molecular flexibility index (Phi) is 4.35. The molecule has 0 amide bonds. The van der Waals surface area contributed by atoms with Crippen LogP contribution in [0.4, 0.5) is 24.9 Å². The fourth-order valence-electron chi connectivity index (χ4n) is 2.45. The molecule has 0 aliphatic heterocycles. The Morgan fingerprint density at radius 2 is 2.05 bits per heavy atom.